The average Bonchev–Trinajstić information content (AvgIpc) is 2.71. The Morgan fingerprint density at radius 2 is 2.00 bits per heavy atom. The van der Waals surface area contributed by atoms with Crippen molar-refractivity contribution in [3.63, 3.8) is 0 Å². The number of hydrogen-bond donors (Lipinski definition) is 2. The number of fused-ring (bicyclic) bond motifs is 3. The molecule has 4 nitrogen and oxygen atoms in total. The van der Waals surface area contributed by atoms with Gasteiger partial charge in [-0.1, -0.05) is 23.2 Å². The third kappa shape index (κ3) is 1.15. The number of aliphatic hydroxyl groups is 1. The summed E-state index contributed by atoms with van der Waals surface area (Å²) in [6.45, 7) is 0. The fourth-order valence-corrected chi connectivity index (χ4v) is 3.91. The SMILES string of the molecule is O=C1N[C@H]2c3c(Cl)sc(Cl)c3[C@@H](O)[C@H]2O1. The van der Waals surface area contributed by atoms with Crippen molar-refractivity contribution in [3.8, 4) is 0 Å². The molecule has 1 aliphatic carbocycles. The highest BCUT2D eigenvalue weighted by Crippen LogP contribution is 2.53. The zero-order valence-corrected chi connectivity index (χ0v) is 9.49. The zero-order valence-electron chi connectivity index (χ0n) is 7.16. The van der Waals surface area contributed by atoms with Crippen molar-refractivity contribution in [3.05, 3.63) is 19.8 Å². The Kier molecular flexibility index (Phi) is 1.95. The highest BCUT2D eigenvalue weighted by molar-refractivity contribution is 7.20. The quantitative estimate of drug-likeness (QED) is 0.757. The van der Waals surface area contributed by atoms with E-state index in [0.29, 0.717) is 19.8 Å². The van der Waals surface area contributed by atoms with Crippen LogP contribution in [0.3, 0.4) is 0 Å². The van der Waals surface area contributed by atoms with Gasteiger partial charge < -0.3 is 15.2 Å². The van der Waals surface area contributed by atoms with Gasteiger partial charge in [-0.15, -0.1) is 11.3 Å². The van der Waals surface area contributed by atoms with E-state index in [1.165, 1.54) is 11.3 Å². The monoisotopic (exact) mass is 265 g/mol. The first-order chi connectivity index (χ1) is 7.09. The van der Waals surface area contributed by atoms with Gasteiger partial charge in [-0.2, -0.15) is 0 Å². The molecule has 2 aliphatic rings. The Morgan fingerprint density at radius 1 is 1.33 bits per heavy atom. The Bertz CT molecular complexity index is 461. The number of hydrogen-bond acceptors (Lipinski definition) is 4. The summed E-state index contributed by atoms with van der Waals surface area (Å²) in [5.41, 5.74) is 1.27. The molecule has 2 heterocycles. The fraction of sp³-hybridized carbons (Fsp3) is 0.375. The van der Waals surface area contributed by atoms with Gasteiger partial charge in [-0.05, 0) is 0 Å². The summed E-state index contributed by atoms with van der Waals surface area (Å²) >= 11 is 13.1. The number of ether oxygens (including phenoxy) is 1. The Balaban J connectivity index is 2.17. The molecule has 1 aromatic heterocycles. The molecule has 1 aliphatic heterocycles. The van der Waals surface area contributed by atoms with Crippen LogP contribution in [0.15, 0.2) is 0 Å². The smallest absolute Gasteiger partial charge is 0.408 e. The molecular formula is C8H5Cl2NO3S. The maximum atomic E-state index is 11.0. The molecule has 3 rings (SSSR count). The lowest BCUT2D eigenvalue weighted by molar-refractivity contribution is 0.0302. The molecule has 2 N–H and O–H groups in total. The van der Waals surface area contributed by atoms with Crippen LogP contribution in [0.1, 0.15) is 23.3 Å². The number of aliphatic hydroxyl groups excluding tert-OH is 1. The molecule has 0 unspecified atom stereocenters. The van der Waals surface area contributed by atoms with E-state index in [0.717, 1.165) is 0 Å². The molecule has 0 aromatic carbocycles. The number of halogens is 2. The van der Waals surface area contributed by atoms with Gasteiger partial charge in [0.25, 0.3) is 0 Å². The Labute approximate surface area is 98.7 Å². The maximum Gasteiger partial charge on any atom is 0.408 e. The predicted molar refractivity (Wildman–Crippen MR) is 55.4 cm³/mol. The summed E-state index contributed by atoms with van der Waals surface area (Å²) in [6.07, 6.45) is -2.03. The summed E-state index contributed by atoms with van der Waals surface area (Å²) in [6, 6.07) is -0.376. The molecule has 1 fully saturated rings. The van der Waals surface area contributed by atoms with Gasteiger partial charge in [0.15, 0.2) is 6.10 Å². The first kappa shape index (κ1) is 9.72. The van der Waals surface area contributed by atoms with E-state index < -0.39 is 18.3 Å². The molecule has 1 amide bonds. The first-order valence-electron chi connectivity index (χ1n) is 4.22. The lowest BCUT2D eigenvalue weighted by Gasteiger charge is -2.11. The molecule has 80 valence electrons. The lowest BCUT2D eigenvalue weighted by Crippen LogP contribution is -2.20. The van der Waals surface area contributed by atoms with Crippen molar-refractivity contribution < 1.29 is 14.6 Å². The van der Waals surface area contributed by atoms with Crippen molar-refractivity contribution in [1.29, 1.82) is 0 Å². The van der Waals surface area contributed by atoms with Crippen molar-refractivity contribution in [2.45, 2.75) is 18.2 Å². The molecule has 1 saturated heterocycles. The predicted octanol–water partition coefficient (Wildman–Crippen LogP) is 2.25. The second kappa shape index (κ2) is 3.01. The van der Waals surface area contributed by atoms with Gasteiger partial charge in [-0.3, -0.25) is 0 Å². The summed E-state index contributed by atoms with van der Waals surface area (Å²) in [5.74, 6) is 0. The second-order valence-corrected chi connectivity index (χ2v) is 5.64. The molecule has 0 spiro atoms. The number of nitrogens with one attached hydrogen (secondary N) is 1. The van der Waals surface area contributed by atoms with Crippen LogP contribution >= 0.6 is 34.5 Å². The largest absolute Gasteiger partial charge is 0.441 e. The van der Waals surface area contributed by atoms with Gasteiger partial charge in [-0.25, -0.2) is 4.79 Å². The maximum absolute atomic E-state index is 11.0. The third-order valence-electron chi connectivity index (χ3n) is 2.66. The van der Waals surface area contributed by atoms with Gasteiger partial charge in [0.2, 0.25) is 0 Å². The van der Waals surface area contributed by atoms with E-state index >= 15 is 0 Å². The minimum atomic E-state index is -0.889. The minimum absolute atomic E-state index is 0.376. The van der Waals surface area contributed by atoms with Gasteiger partial charge >= 0.3 is 6.09 Å². The van der Waals surface area contributed by atoms with Crippen molar-refractivity contribution in [2.75, 3.05) is 0 Å². The lowest BCUT2D eigenvalue weighted by atomic mass is 10.2. The normalized spacial score (nSPS) is 32.2. The molecule has 15 heavy (non-hydrogen) atoms. The molecule has 3 atom stereocenters. The van der Waals surface area contributed by atoms with Crippen LogP contribution in [0.4, 0.5) is 4.79 Å². The van der Waals surface area contributed by atoms with E-state index in [9.17, 15) is 9.90 Å². The zero-order chi connectivity index (χ0) is 10.7. The van der Waals surface area contributed by atoms with Crippen molar-refractivity contribution in [2.24, 2.45) is 0 Å². The summed E-state index contributed by atoms with van der Waals surface area (Å²) < 4.78 is 5.88. The Hall–Kier alpha value is -0.490. The van der Waals surface area contributed by atoms with Crippen molar-refractivity contribution in [1.82, 2.24) is 5.32 Å². The van der Waals surface area contributed by atoms with E-state index in [-0.39, 0.29) is 6.04 Å². The average molecular weight is 266 g/mol. The highest BCUT2D eigenvalue weighted by atomic mass is 35.5. The minimum Gasteiger partial charge on any atom is -0.441 e. The number of rotatable bonds is 0. The molecular weight excluding hydrogens is 261 g/mol. The van der Waals surface area contributed by atoms with Crippen LogP contribution in [-0.2, 0) is 4.74 Å². The van der Waals surface area contributed by atoms with Gasteiger partial charge in [0.05, 0.1) is 0 Å². The van der Waals surface area contributed by atoms with Gasteiger partial charge in [0.1, 0.15) is 20.8 Å². The summed E-state index contributed by atoms with van der Waals surface area (Å²) in [7, 11) is 0. The first-order valence-corrected chi connectivity index (χ1v) is 5.79. The second-order valence-electron chi connectivity index (χ2n) is 3.41. The molecule has 0 radical (unpaired) electrons. The van der Waals surface area contributed by atoms with Crippen LogP contribution in [0.25, 0.3) is 0 Å². The fourth-order valence-electron chi connectivity index (χ4n) is 2.05. The van der Waals surface area contributed by atoms with Gasteiger partial charge in [0, 0.05) is 11.1 Å². The highest BCUT2D eigenvalue weighted by Gasteiger charge is 2.51. The van der Waals surface area contributed by atoms with E-state index in [1.807, 2.05) is 0 Å². The molecule has 0 bridgehead atoms. The van der Waals surface area contributed by atoms with Crippen LogP contribution in [-0.4, -0.2) is 17.3 Å². The van der Waals surface area contributed by atoms with E-state index in [1.54, 1.807) is 0 Å². The standard InChI is InChI=1S/C8H5Cl2NO3S/c9-6-1-2(7(10)15-6)4(12)5-3(1)11-8(13)14-5/h3-5,12H,(H,11,13)/t3-,4+,5-/m0/s1. The molecule has 1 aromatic rings. The van der Waals surface area contributed by atoms with E-state index in [2.05, 4.69) is 5.32 Å². The number of carbonyl (C=O) groups excluding carboxylic acids is 1. The van der Waals surface area contributed by atoms with E-state index in [4.69, 9.17) is 27.9 Å². The van der Waals surface area contributed by atoms with Crippen LogP contribution < -0.4 is 5.32 Å². The Morgan fingerprint density at radius 3 is 2.73 bits per heavy atom. The number of carbonyl (C=O) groups is 1. The number of amides is 1. The van der Waals surface area contributed by atoms with Crippen LogP contribution in [0, 0.1) is 0 Å². The number of thiophene rings is 1. The summed E-state index contributed by atoms with van der Waals surface area (Å²) in [4.78, 5) is 11.0. The summed E-state index contributed by atoms with van der Waals surface area (Å²) in [5, 5.41) is 12.5. The topological polar surface area (TPSA) is 58.6 Å². The third-order valence-corrected chi connectivity index (χ3v) is 4.32. The molecule has 0 saturated carbocycles. The number of alkyl carbamates (subject to hydrolysis) is 1. The van der Waals surface area contributed by atoms with Crippen LogP contribution in [0.5, 0.6) is 0 Å². The molecule has 7 heteroatoms. The van der Waals surface area contributed by atoms with Crippen LogP contribution in [0.2, 0.25) is 8.67 Å². The van der Waals surface area contributed by atoms with Crippen molar-refractivity contribution >= 4 is 40.6 Å².